The lowest BCUT2D eigenvalue weighted by molar-refractivity contribution is 0.670. The van der Waals surface area contributed by atoms with Gasteiger partial charge in [-0.15, -0.1) is 0 Å². The molecule has 0 N–H and O–H groups in total. The topological polar surface area (TPSA) is 16.4 Å². The molecule has 1 spiro atoms. The normalized spacial score (nSPS) is 13.2. The Bertz CT molecular complexity index is 3480. The molecule has 0 saturated heterocycles. The first-order valence-corrected chi connectivity index (χ1v) is 20.4. The van der Waals surface area contributed by atoms with E-state index in [1.54, 1.807) is 0 Å². The van der Waals surface area contributed by atoms with Crippen LogP contribution in [-0.2, 0) is 5.41 Å². The Morgan fingerprint density at radius 3 is 1.59 bits per heavy atom. The molecule has 0 fully saturated rings. The third kappa shape index (κ3) is 4.35. The number of nitrogens with zero attached hydrogens (tertiary/aromatic N) is 1. The molecular weight excluding hydrogens is 715 g/mol. The SMILES string of the molecule is c1ccc(N(c2cccc3c2-c2ccccc2C32c3ccccc3-c3ccccc32)c2cccc3ccccc23)c(-c2cccc3c2oc2cc4ccccc4cc23)c1. The van der Waals surface area contributed by atoms with Crippen LogP contribution in [0.2, 0.25) is 0 Å². The van der Waals surface area contributed by atoms with Gasteiger partial charge in [0.15, 0.2) is 0 Å². The van der Waals surface area contributed by atoms with Crippen molar-refractivity contribution in [3.8, 4) is 33.4 Å². The predicted molar refractivity (Wildman–Crippen MR) is 245 cm³/mol. The summed E-state index contributed by atoms with van der Waals surface area (Å²) in [5.41, 5.74) is 17.3. The lowest BCUT2D eigenvalue weighted by Gasteiger charge is -2.33. The molecule has 0 bridgehead atoms. The summed E-state index contributed by atoms with van der Waals surface area (Å²) in [6, 6.07) is 78.0. The Kier molecular flexibility index (Phi) is 6.68. The van der Waals surface area contributed by atoms with E-state index in [-0.39, 0.29) is 0 Å². The Balaban J connectivity index is 1.13. The molecule has 0 unspecified atom stereocenters. The molecule has 11 aromatic rings. The van der Waals surface area contributed by atoms with Gasteiger partial charge in [0.1, 0.15) is 11.2 Å². The van der Waals surface area contributed by atoms with E-state index in [0.29, 0.717) is 0 Å². The fraction of sp³-hybridized carbons (Fsp3) is 0.0175. The highest BCUT2D eigenvalue weighted by atomic mass is 16.3. The van der Waals surface area contributed by atoms with Crippen molar-refractivity contribution >= 4 is 60.5 Å². The van der Waals surface area contributed by atoms with Crippen molar-refractivity contribution in [1.29, 1.82) is 0 Å². The van der Waals surface area contributed by atoms with Crippen LogP contribution in [0.5, 0.6) is 0 Å². The molecule has 0 atom stereocenters. The molecule has 10 aromatic carbocycles. The zero-order valence-electron chi connectivity index (χ0n) is 32.1. The Labute approximate surface area is 341 Å². The van der Waals surface area contributed by atoms with Gasteiger partial charge in [-0.2, -0.15) is 0 Å². The van der Waals surface area contributed by atoms with E-state index < -0.39 is 5.41 Å². The zero-order chi connectivity index (χ0) is 38.7. The molecule has 2 aliphatic carbocycles. The van der Waals surface area contributed by atoms with Gasteiger partial charge in [0, 0.05) is 32.8 Å². The molecule has 0 amide bonds. The highest BCUT2D eigenvalue weighted by Crippen LogP contribution is 2.65. The van der Waals surface area contributed by atoms with Gasteiger partial charge in [-0.25, -0.2) is 0 Å². The average Bonchev–Trinajstić information content (AvgIpc) is 3.93. The third-order valence-corrected chi connectivity index (χ3v) is 13.0. The van der Waals surface area contributed by atoms with Gasteiger partial charge in [-0.05, 0) is 85.4 Å². The van der Waals surface area contributed by atoms with Crippen molar-refractivity contribution in [2.24, 2.45) is 0 Å². The predicted octanol–water partition coefficient (Wildman–Crippen LogP) is 15.4. The molecule has 0 saturated carbocycles. The number of rotatable bonds is 4. The van der Waals surface area contributed by atoms with E-state index in [1.165, 1.54) is 66.1 Å². The van der Waals surface area contributed by atoms with Crippen LogP contribution in [0.3, 0.4) is 0 Å². The van der Waals surface area contributed by atoms with E-state index in [1.807, 2.05) is 0 Å². The molecule has 0 radical (unpaired) electrons. The molecule has 2 nitrogen and oxygen atoms in total. The number of para-hydroxylation sites is 2. The maximum atomic E-state index is 6.89. The first kappa shape index (κ1) is 32.4. The highest BCUT2D eigenvalue weighted by Gasteiger charge is 2.52. The van der Waals surface area contributed by atoms with Gasteiger partial charge in [-0.1, -0.05) is 182 Å². The van der Waals surface area contributed by atoms with Crippen LogP contribution < -0.4 is 4.90 Å². The van der Waals surface area contributed by atoms with Crippen molar-refractivity contribution in [2.75, 3.05) is 4.90 Å². The number of fused-ring (bicyclic) bond motifs is 15. The summed E-state index contributed by atoms with van der Waals surface area (Å²) in [6.07, 6.45) is 0. The van der Waals surface area contributed by atoms with E-state index in [0.717, 1.165) is 50.1 Å². The van der Waals surface area contributed by atoms with Crippen molar-refractivity contribution in [2.45, 2.75) is 5.41 Å². The number of hydrogen-bond donors (Lipinski definition) is 0. The summed E-state index contributed by atoms with van der Waals surface area (Å²) in [5, 5.41) is 7.01. The summed E-state index contributed by atoms with van der Waals surface area (Å²) in [6.45, 7) is 0. The van der Waals surface area contributed by atoms with Crippen LogP contribution in [0, 0.1) is 0 Å². The first-order chi connectivity index (χ1) is 29.3. The molecule has 1 aromatic heterocycles. The lowest BCUT2D eigenvalue weighted by Crippen LogP contribution is -2.26. The van der Waals surface area contributed by atoms with Crippen LogP contribution in [0.4, 0.5) is 17.1 Å². The second kappa shape index (κ2) is 12.2. The Morgan fingerprint density at radius 2 is 0.814 bits per heavy atom. The minimum Gasteiger partial charge on any atom is -0.455 e. The molecule has 1 heterocycles. The van der Waals surface area contributed by atoms with Crippen LogP contribution in [-0.4, -0.2) is 0 Å². The standard InChI is InChI=1S/C57H35NO/c1-2-18-38-35-54-46(34-37(38)17-1)44-26-14-25-43(56(44)59-54)42-23-8-12-31-52(42)58(51-32-13-19-36-16-3-4-20-39(36)51)53-33-15-30-50-55(53)45-24-7-11-29-49(45)57(50)47-27-9-5-21-40(47)41-22-6-10-28-48(41)57/h1-35H. The summed E-state index contributed by atoms with van der Waals surface area (Å²) in [5.74, 6) is 0. The third-order valence-electron chi connectivity index (χ3n) is 13.0. The van der Waals surface area contributed by atoms with Crippen molar-refractivity contribution in [3.63, 3.8) is 0 Å². The first-order valence-electron chi connectivity index (χ1n) is 20.4. The molecule has 2 aliphatic rings. The molecule has 2 heteroatoms. The van der Waals surface area contributed by atoms with E-state index in [4.69, 9.17) is 4.42 Å². The molecule has 59 heavy (non-hydrogen) atoms. The van der Waals surface area contributed by atoms with Crippen LogP contribution in [0.25, 0.3) is 76.9 Å². The van der Waals surface area contributed by atoms with Gasteiger partial charge in [0.05, 0.1) is 22.5 Å². The number of anilines is 3. The van der Waals surface area contributed by atoms with Gasteiger partial charge in [0.2, 0.25) is 0 Å². The van der Waals surface area contributed by atoms with Crippen LogP contribution >= 0.6 is 0 Å². The quantitative estimate of drug-likeness (QED) is 0.178. The average molecular weight is 750 g/mol. The van der Waals surface area contributed by atoms with Gasteiger partial charge >= 0.3 is 0 Å². The van der Waals surface area contributed by atoms with Gasteiger partial charge in [-0.3, -0.25) is 0 Å². The van der Waals surface area contributed by atoms with Crippen molar-refractivity contribution in [3.05, 3.63) is 235 Å². The van der Waals surface area contributed by atoms with Gasteiger partial charge in [0.25, 0.3) is 0 Å². The smallest absolute Gasteiger partial charge is 0.143 e. The maximum Gasteiger partial charge on any atom is 0.143 e. The summed E-state index contributed by atoms with van der Waals surface area (Å²) < 4.78 is 6.89. The fourth-order valence-electron chi connectivity index (χ4n) is 10.7. The molecule has 13 rings (SSSR count). The summed E-state index contributed by atoms with van der Waals surface area (Å²) >= 11 is 0. The second-order valence-corrected chi connectivity index (χ2v) is 15.9. The Hall–Kier alpha value is -7.68. The zero-order valence-corrected chi connectivity index (χ0v) is 32.1. The molecular formula is C57H35NO. The molecule has 0 aliphatic heterocycles. The fourth-order valence-corrected chi connectivity index (χ4v) is 10.7. The summed E-state index contributed by atoms with van der Waals surface area (Å²) in [7, 11) is 0. The second-order valence-electron chi connectivity index (χ2n) is 15.9. The largest absolute Gasteiger partial charge is 0.455 e. The lowest BCUT2D eigenvalue weighted by atomic mass is 9.70. The maximum absolute atomic E-state index is 6.89. The number of hydrogen-bond acceptors (Lipinski definition) is 2. The van der Waals surface area contributed by atoms with Crippen molar-refractivity contribution < 1.29 is 4.42 Å². The highest BCUT2D eigenvalue weighted by molar-refractivity contribution is 6.15. The van der Waals surface area contributed by atoms with Gasteiger partial charge < -0.3 is 9.32 Å². The van der Waals surface area contributed by atoms with Crippen LogP contribution in [0.15, 0.2) is 217 Å². The Morgan fingerprint density at radius 1 is 0.322 bits per heavy atom. The molecule has 274 valence electrons. The van der Waals surface area contributed by atoms with Crippen LogP contribution in [0.1, 0.15) is 22.3 Å². The van der Waals surface area contributed by atoms with E-state index in [2.05, 4.69) is 217 Å². The van der Waals surface area contributed by atoms with E-state index >= 15 is 0 Å². The minimum atomic E-state index is -0.456. The summed E-state index contributed by atoms with van der Waals surface area (Å²) in [4.78, 5) is 2.52. The number of furan rings is 1. The number of benzene rings is 10. The monoisotopic (exact) mass is 749 g/mol. The van der Waals surface area contributed by atoms with Crippen molar-refractivity contribution in [1.82, 2.24) is 0 Å². The van der Waals surface area contributed by atoms with E-state index in [9.17, 15) is 0 Å². The minimum absolute atomic E-state index is 0.456.